The van der Waals surface area contributed by atoms with Gasteiger partial charge >= 0.3 is 0 Å². The summed E-state index contributed by atoms with van der Waals surface area (Å²) in [4.78, 5) is 35.0. The van der Waals surface area contributed by atoms with Crippen LogP contribution in [0.4, 0.5) is 5.13 Å². The van der Waals surface area contributed by atoms with Crippen molar-refractivity contribution in [3.05, 3.63) is 70.1 Å². The van der Waals surface area contributed by atoms with Crippen LogP contribution in [0.15, 0.2) is 57.7 Å². The van der Waals surface area contributed by atoms with E-state index in [1.54, 1.807) is 29.2 Å². The third kappa shape index (κ3) is 4.42. The van der Waals surface area contributed by atoms with Gasteiger partial charge in [-0.3, -0.25) is 19.4 Å². The highest BCUT2D eigenvalue weighted by Gasteiger charge is 2.25. The smallest absolute Gasteiger partial charge is 0.295 e. The molecule has 0 atom stereocenters. The summed E-state index contributed by atoms with van der Waals surface area (Å²) in [6.45, 7) is 6.25. The number of ether oxygens (including phenoxy) is 1. The van der Waals surface area contributed by atoms with Crippen molar-refractivity contribution in [3.8, 4) is 0 Å². The standard InChI is InChI=1S/C25H25N3O4S/c1-2-17-6-5-9-22-23(17)26-25(33-22)28(11-10-27-12-14-31-15-13-27)24(30)21-16-19(29)18-7-3-4-8-20(18)32-21/h3-9,16H,2,10-15H2,1H3. The maximum absolute atomic E-state index is 13.7. The van der Waals surface area contributed by atoms with Crippen LogP contribution in [0.3, 0.4) is 0 Å². The van der Waals surface area contributed by atoms with Crippen molar-refractivity contribution in [2.75, 3.05) is 44.3 Å². The first kappa shape index (κ1) is 21.8. The number of amides is 1. The van der Waals surface area contributed by atoms with Crippen molar-refractivity contribution >= 4 is 43.6 Å². The number of hydrogen-bond donors (Lipinski definition) is 0. The summed E-state index contributed by atoms with van der Waals surface area (Å²) in [6.07, 6.45) is 0.863. The van der Waals surface area contributed by atoms with E-state index in [2.05, 4.69) is 17.9 Å². The molecule has 7 nitrogen and oxygen atoms in total. The van der Waals surface area contributed by atoms with Gasteiger partial charge < -0.3 is 9.15 Å². The highest BCUT2D eigenvalue weighted by molar-refractivity contribution is 7.22. The number of morpholine rings is 1. The molecule has 1 saturated heterocycles. The number of hydrogen-bond acceptors (Lipinski definition) is 7. The molecule has 0 bridgehead atoms. The van der Waals surface area contributed by atoms with E-state index in [4.69, 9.17) is 14.1 Å². The third-order valence-electron chi connectivity index (χ3n) is 5.94. The Labute approximate surface area is 195 Å². The molecule has 0 spiro atoms. The van der Waals surface area contributed by atoms with Crippen LogP contribution < -0.4 is 10.3 Å². The average molecular weight is 464 g/mol. The second-order valence-corrected chi connectivity index (χ2v) is 9.00. The van der Waals surface area contributed by atoms with Crippen LogP contribution in [0.25, 0.3) is 21.2 Å². The Morgan fingerprint density at radius 1 is 1.15 bits per heavy atom. The summed E-state index contributed by atoms with van der Waals surface area (Å²) in [5, 5.41) is 1.07. The number of fused-ring (bicyclic) bond motifs is 2. The summed E-state index contributed by atoms with van der Waals surface area (Å²) in [6, 6.07) is 14.4. The Morgan fingerprint density at radius 3 is 2.79 bits per heavy atom. The summed E-state index contributed by atoms with van der Waals surface area (Å²) < 4.78 is 12.4. The number of aryl methyl sites for hydroxylation is 1. The van der Waals surface area contributed by atoms with Crippen LogP contribution >= 0.6 is 11.3 Å². The number of thiazole rings is 1. The van der Waals surface area contributed by atoms with E-state index in [1.807, 2.05) is 12.1 Å². The van der Waals surface area contributed by atoms with E-state index in [0.29, 0.717) is 42.4 Å². The summed E-state index contributed by atoms with van der Waals surface area (Å²) >= 11 is 1.48. The third-order valence-corrected chi connectivity index (χ3v) is 6.98. The molecule has 0 saturated carbocycles. The number of benzene rings is 2. The van der Waals surface area contributed by atoms with Crippen molar-refractivity contribution in [1.82, 2.24) is 9.88 Å². The van der Waals surface area contributed by atoms with Crippen LogP contribution in [0.2, 0.25) is 0 Å². The van der Waals surface area contributed by atoms with Gasteiger partial charge in [0.05, 0.1) is 28.8 Å². The molecule has 8 heteroatoms. The highest BCUT2D eigenvalue weighted by Crippen LogP contribution is 2.32. The molecule has 170 valence electrons. The molecule has 0 N–H and O–H groups in total. The fourth-order valence-electron chi connectivity index (χ4n) is 4.09. The van der Waals surface area contributed by atoms with E-state index < -0.39 is 0 Å². The average Bonchev–Trinajstić information content (AvgIpc) is 3.29. The number of carbonyl (C=O) groups excluding carboxylic acids is 1. The fourth-order valence-corrected chi connectivity index (χ4v) is 5.13. The maximum atomic E-state index is 13.7. The SMILES string of the molecule is CCc1cccc2sc(N(CCN3CCOCC3)C(=O)c3cc(=O)c4ccccc4o3)nc12. The normalized spacial score (nSPS) is 14.7. The van der Waals surface area contributed by atoms with Crippen LogP contribution in [0.5, 0.6) is 0 Å². The Morgan fingerprint density at radius 2 is 1.97 bits per heavy atom. The molecule has 1 amide bonds. The van der Waals surface area contributed by atoms with E-state index in [9.17, 15) is 9.59 Å². The first-order valence-electron chi connectivity index (χ1n) is 11.2. The molecule has 0 unspecified atom stereocenters. The Kier molecular flexibility index (Phi) is 6.22. The molecule has 1 aliphatic heterocycles. The van der Waals surface area contributed by atoms with Gasteiger partial charge in [-0.1, -0.05) is 42.5 Å². The van der Waals surface area contributed by atoms with E-state index in [-0.39, 0.29) is 17.1 Å². The summed E-state index contributed by atoms with van der Waals surface area (Å²) in [7, 11) is 0. The molecule has 33 heavy (non-hydrogen) atoms. The van der Waals surface area contributed by atoms with Gasteiger partial charge in [0.25, 0.3) is 5.91 Å². The molecular weight excluding hydrogens is 438 g/mol. The number of carbonyl (C=O) groups is 1. The minimum absolute atomic E-state index is 0.0237. The molecule has 2 aromatic heterocycles. The zero-order valence-corrected chi connectivity index (χ0v) is 19.3. The predicted octanol–water partition coefficient (Wildman–Crippen LogP) is 3.94. The zero-order chi connectivity index (χ0) is 22.8. The van der Waals surface area contributed by atoms with Gasteiger partial charge in [-0.2, -0.15) is 0 Å². The fraction of sp³-hybridized carbons (Fsp3) is 0.320. The molecule has 4 aromatic rings. The Hall–Kier alpha value is -3.07. The van der Waals surface area contributed by atoms with Gasteiger partial charge in [0.2, 0.25) is 0 Å². The second kappa shape index (κ2) is 9.43. The highest BCUT2D eigenvalue weighted by atomic mass is 32.1. The topological polar surface area (TPSA) is 75.9 Å². The lowest BCUT2D eigenvalue weighted by molar-refractivity contribution is 0.0390. The number of anilines is 1. The molecule has 0 aliphatic carbocycles. The number of para-hydroxylation sites is 2. The van der Waals surface area contributed by atoms with Crippen molar-refractivity contribution in [1.29, 1.82) is 0 Å². The van der Waals surface area contributed by atoms with Crippen LogP contribution in [0, 0.1) is 0 Å². The molecule has 0 radical (unpaired) electrons. The lowest BCUT2D eigenvalue weighted by Crippen LogP contribution is -2.43. The van der Waals surface area contributed by atoms with E-state index in [0.717, 1.165) is 35.3 Å². The predicted molar refractivity (Wildman–Crippen MR) is 130 cm³/mol. The summed E-state index contributed by atoms with van der Waals surface area (Å²) in [5.74, 6) is -0.334. The second-order valence-electron chi connectivity index (χ2n) is 8.00. The van der Waals surface area contributed by atoms with E-state index in [1.165, 1.54) is 17.4 Å². The molecule has 1 aliphatic rings. The first-order chi connectivity index (χ1) is 16.1. The zero-order valence-electron chi connectivity index (χ0n) is 18.5. The Balaban J connectivity index is 1.53. The maximum Gasteiger partial charge on any atom is 0.295 e. The molecule has 2 aromatic carbocycles. The lowest BCUT2D eigenvalue weighted by atomic mass is 10.1. The van der Waals surface area contributed by atoms with Crippen molar-refractivity contribution in [2.24, 2.45) is 0 Å². The molecule has 1 fully saturated rings. The Bertz CT molecular complexity index is 1360. The van der Waals surface area contributed by atoms with E-state index >= 15 is 0 Å². The number of nitrogens with zero attached hydrogens (tertiary/aromatic N) is 3. The van der Waals surface area contributed by atoms with Gasteiger partial charge in [0.1, 0.15) is 5.58 Å². The molecule has 3 heterocycles. The minimum atomic E-state index is -0.358. The number of aromatic nitrogens is 1. The lowest BCUT2D eigenvalue weighted by Gasteiger charge is -2.29. The van der Waals surface area contributed by atoms with Crippen molar-refractivity contribution < 1.29 is 13.9 Å². The van der Waals surface area contributed by atoms with Crippen molar-refractivity contribution in [2.45, 2.75) is 13.3 Å². The van der Waals surface area contributed by atoms with Gasteiger partial charge in [-0.05, 0) is 30.2 Å². The largest absolute Gasteiger partial charge is 0.451 e. The van der Waals surface area contributed by atoms with Crippen LogP contribution in [0.1, 0.15) is 23.0 Å². The monoisotopic (exact) mass is 463 g/mol. The number of rotatable bonds is 6. The summed E-state index contributed by atoms with van der Waals surface area (Å²) in [5.41, 5.74) is 2.24. The quantitative estimate of drug-likeness (QED) is 0.431. The van der Waals surface area contributed by atoms with Gasteiger partial charge in [0, 0.05) is 32.2 Å². The molecule has 5 rings (SSSR count). The minimum Gasteiger partial charge on any atom is -0.451 e. The van der Waals surface area contributed by atoms with Crippen LogP contribution in [-0.2, 0) is 11.2 Å². The van der Waals surface area contributed by atoms with Gasteiger partial charge in [0.15, 0.2) is 16.3 Å². The van der Waals surface area contributed by atoms with Crippen LogP contribution in [-0.4, -0.2) is 55.2 Å². The van der Waals surface area contributed by atoms with Crippen molar-refractivity contribution in [3.63, 3.8) is 0 Å². The first-order valence-corrected chi connectivity index (χ1v) is 12.0. The van der Waals surface area contributed by atoms with Gasteiger partial charge in [-0.15, -0.1) is 0 Å². The molecular formula is C25H25N3O4S. The van der Waals surface area contributed by atoms with Gasteiger partial charge in [-0.25, -0.2) is 4.98 Å².